The quantitative estimate of drug-likeness (QED) is 0.734. The molecule has 1 atom stereocenters. The molecular formula is C15H24N2O3. The van der Waals surface area contributed by atoms with Gasteiger partial charge in [-0.2, -0.15) is 0 Å². The summed E-state index contributed by atoms with van der Waals surface area (Å²) < 4.78 is 11.0. The fraction of sp³-hybridized carbons (Fsp3) is 0.533. The van der Waals surface area contributed by atoms with Crippen molar-refractivity contribution in [3.05, 3.63) is 35.9 Å². The number of ether oxygens (including phenoxy) is 2. The number of rotatable bonds is 7. The molecule has 0 spiro atoms. The summed E-state index contributed by atoms with van der Waals surface area (Å²) >= 11 is 0. The van der Waals surface area contributed by atoms with Crippen LogP contribution in [0.25, 0.3) is 0 Å². The Morgan fingerprint density at radius 2 is 1.75 bits per heavy atom. The summed E-state index contributed by atoms with van der Waals surface area (Å²) in [6, 6.07) is 8.99. The van der Waals surface area contributed by atoms with E-state index in [0.29, 0.717) is 18.8 Å². The maximum absolute atomic E-state index is 11.6. The molecular weight excluding hydrogens is 256 g/mol. The van der Waals surface area contributed by atoms with Crippen LogP contribution in [-0.4, -0.2) is 31.3 Å². The third-order valence-corrected chi connectivity index (χ3v) is 2.82. The van der Waals surface area contributed by atoms with Gasteiger partial charge in [0, 0.05) is 0 Å². The highest BCUT2D eigenvalue weighted by molar-refractivity contribution is 5.86. The molecule has 0 aromatic heterocycles. The molecule has 1 unspecified atom stereocenters. The fourth-order valence-corrected chi connectivity index (χ4v) is 1.67. The minimum Gasteiger partial charge on any atom is -0.376 e. The van der Waals surface area contributed by atoms with Gasteiger partial charge in [0.2, 0.25) is 5.91 Å². The Bertz CT molecular complexity index is 428. The molecule has 0 aliphatic rings. The van der Waals surface area contributed by atoms with Gasteiger partial charge in [0.05, 0.1) is 25.4 Å². The van der Waals surface area contributed by atoms with E-state index < -0.39 is 11.4 Å². The van der Waals surface area contributed by atoms with Crippen molar-refractivity contribution in [1.29, 1.82) is 0 Å². The maximum atomic E-state index is 11.6. The molecule has 0 heterocycles. The highest BCUT2D eigenvalue weighted by Gasteiger charge is 2.34. The van der Waals surface area contributed by atoms with Crippen LogP contribution < -0.4 is 11.5 Å². The lowest BCUT2D eigenvalue weighted by Gasteiger charge is -2.26. The van der Waals surface area contributed by atoms with Crippen LogP contribution in [0.5, 0.6) is 0 Å². The van der Waals surface area contributed by atoms with Crippen LogP contribution in [-0.2, 0) is 19.8 Å². The van der Waals surface area contributed by atoms with E-state index in [0.717, 1.165) is 0 Å². The van der Waals surface area contributed by atoms with Gasteiger partial charge in [0.25, 0.3) is 0 Å². The maximum Gasteiger partial charge on any atom is 0.244 e. The second-order valence-corrected chi connectivity index (χ2v) is 5.72. The van der Waals surface area contributed by atoms with E-state index in [4.69, 9.17) is 20.9 Å². The number of carbonyl (C=O) groups excluding carboxylic acids is 1. The molecule has 1 aromatic rings. The van der Waals surface area contributed by atoms with Crippen LogP contribution in [0, 0.1) is 0 Å². The largest absolute Gasteiger partial charge is 0.376 e. The first-order chi connectivity index (χ1) is 9.26. The Balaban J connectivity index is 2.55. The first-order valence-electron chi connectivity index (χ1n) is 6.62. The second kappa shape index (κ2) is 6.83. The molecule has 1 rings (SSSR count). The van der Waals surface area contributed by atoms with Crippen molar-refractivity contribution >= 4 is 5.91 Å². The molecule has 5 nitrogen and oxygen atoms in total. The molecule has 0 fully saturated rings. The Morgan fingerprint density at radius 3 is 2.25 bits per heavy atom. The number of primary amides is 1. The van der Waals surface area contributed by atoms with Crippen LogP contribution in [0.2, 0.25) is 0 Å². The molecule has 1 amide bonds. The van der Waals surface area contributed by atoms with E-state index in [-0.39, 0.29) is 12.2 Å². The van der Waals surface area contributed by atoms with Crippen molar-refractivity contribution < 1.29 is 14.3 Å². The minimum absolute atomic E-state index is 0.0276. The lowest BCUT2D eigenvalue weighted by atomic mass is 9.91. The van der Waals surface area contributed by atoms with Gasteiger partial charge in [-0.05, 0) is 26.3 Å². The third kappa shape index (κ3) is 4.92. The summed E-state index contributed by atoms with van der Waals surface area (Å²) in [7, 11) is 0. The lowest BCUT2D eigenvalue weighted by molar-refractivity contribution is -0.126. The predicted octanol–water partition coefficient (Wildman–Crippen LogP) is 1.16. The summed E-state index contributed by atoms with van der Waals surface area (Å²) in [5, 5.41) is 0. The predicted molar refractivity (Wildman–Crippen MR) is 78.0 cm³/mol. The SMILES string of the molecule is CC(C)(C)OCCOCC(N)(C(N)=O)c1ccccc1. The summed E-state index contributed by atoms with van der Waals surface area (Å²) in [5.74, 6) is -0.611. The van der Waals surface area contributed by atoms with E-state index in [1.807, 2.05) is 39.0 Å². The van der Waals surface area contributed by atoms with Crippen LogP contribution in [0.3, 0.4) is 0 Å². The van der Waals surface area contributed by atoms with E-state index in [2.05, 4.69) is 0 Å². The molecule has 112 valence electrons. The Hall–Kier alpha value is -1.43. The molecule has 0 saturated carbocycles. The first-order valence-corrected chi connectivity index (χ1v) is 6.62. The second-order valence-electron chi connectivity index (χ2n) is 5.72. The number of amides is 1. The van der Waals surface area contributed by atoms with Crippen molar-refractivity contribution in [2.24, 2.45) is 11.5 Å². The Morgan fingerprint density at radius 1 is 1.15 bits per heavy atom. The van der Waals surface area contributed by atoms with Gasteiger partial charge in [-0.3, -0.25) is 4.79 Å². The summed E-state index contributed by atoms with van der Waals surface area (Å²) in [5.41, 5.74) is 10.6. The van der Waals surface area contributed by atoms with E-state index in [1.54, 1.807) is 12.1 Å². The van der Waals surface area contributed by atoms with Gasteiger partial charge >= 0.3 is 0 Å². The van der Waals surface area contributed by atoms with Crippen molar-refractivity contribution in [2.75, 3.05) is 19.8 Å². The van der Waals surface area contributed by atoms with Crippen molar-refractivity contribution in [2.45, 2.75) is 31.9 Å². The van der Waals surface area contributed by atoms with Gasteiger partial charge in [0.15, 0.2) is 0 Å². The molecule has 0 aliphatic heterocycles. The summed E-state index contributed by atoms with van der Waals surface area (Å²) in [6.45, 7) is 6.72. The van der Waals surface area contributed by atoms with Crippen molar-refractivity contribution in [1.82, 2.24) is 0 Å². The molecule has 1 aromatic carbocycles. The number of hydrogen-bond donors (Lipinski definition) is 2. The topological polar surface area (TPSA) is 87.6 Å². The summed E-state index contributed by atoms with van der Waals surface area (Å²) in [6.07, 6.45) is 0. The Kier molecular flexibility index (Phi) is 5.68. The van der Waals surface area contributed by atoms with Gasteiger partial charge in [-0.25, -0.2) is 0 Å². The zero-order valence-electron chi connectivity index (χ0n) is 12.4. The van der Waals surface area contributed by atoms with E-state index in [9.17, 15) is 4.79 Å². The lowest BCUT2D eigenvalue weighted by Crippen LogP contribution is -2.52. The molecule has 5 heteroatoms. The van der Waals surface area contributed by atoms with E-state index >= 15 is 0 Å². The standard InChI is InChI=1S/C15H24N2O3/c1-14(2,3)20-10-9-19-11-15(17,13(16)18)12-7-5-4-6-8-12/h4-8H,9-11,17H2,1-3H3,(H2,16,18). The smallest absolute Gasteiger partial charge is 0.244 e. The van der Waals surface area contributed by atoms with Gasteiger partial charge in [-0.1, -0.05) is 30.3 Å². The molecule has 0 bridgehead atoms. The highest BCUT2D eigenvalue weighted by Crippen LogP contribution is 2.18. The molecule has 4 N–H and O–H groups in total. The summed E-state index contributed by atoms with van der Waals surface area (Å²) in [4.78, 5) is 11.6. The van der Waals surface area contributed by atoms with Crippen LogP contribution in [0.4, 0.5) is 0 Å². The highest BCUT2D eigenvalue weighted by atomic mass is 16.5. The number of benzene rings is 1. The van der Waals surface area contributed by atoms with Gasteiger partial charge in [-0.15, -0.1) is 0 Å². The normalized spacial score (nSPS) is 14.8. The van der Waals surface area contributed by atoms with Crippen molar-refractivity contribution in [3.63, 3.8) is 0 Å². The van der Waals surface area contributed by atoms with Gasteiger partial charge < -0.3 is 20.9 Å². The first kappa shape index (κ1) is 16.6. The van der Waals surface area contributed by atoms with E-state index in [1.165, 1.54) is 0 Å². The minimum atomic E-state index is -1.32. The Labute approximate surface area is 120 Å². The zero-order chi connectivity index (χ0) is 15.2. The third-order valence-electron chi connectivity index (χ3n) is 2.82. The average molecular weight is 280 g/mol. The van der Waals surface area contributed by atoms with Crippen molar-refractivity contribution in [3.8, 4) is 0 Å². The number of hydrogen-bond acceptors (Lipinski definition) is 4. The number of carbonyl (C=O) groups is 1. The molecule has 0 saturated heterocycles. The number of nitrogens with two attached hydrogens (primary N) is 2. The van der Waals surface area contributed by atoms with Crippen LogP contribution in [0.15, 0.2) is 30.3 Å². The van der Waals surface area contributed by atoms with Crippen LogP contribution in [0.1, 0.15) is 26.3 Å². The van der Waals surface area contributed by atoms with Gasteiger partial charge in [0.1, 0.15) is 5.54 Å². The zero-order valence-corrected chi connectivity index (χ0v) is 12.4. The van der Waals surface area contributed by atoms with Crippen LogP contribution >= 0.6 is 0 Å². The molecule has 0 aliphatic carbocycles. The fourth-order valence-electron chi connectivity index (χ4n) is 1.67. The average Bonchev–Trinajstić information content (AvgIpc) is 2.37. The molecule has 20 heavy (non-hydrogen) atoms. The molecule has 0 radical (unpaired) electrons. The monoisotopic (exact) mass is 280 g/mol.